The second-order valence-electron chi connectivity index (χ2n) is 5.78. The van der Waals surface area contributed by atoms with Gasteiger partial charge < -0.3 is 15.5 Å². The van der Waals surface area contributed by atoms with E-state index in [0.29, 0.717) is 11.5 Å². The SMILES string of the molecule is CNC(=O)c1cc(N[C@@H]2CCCN(c3cccc(F)c3)C2)ncn1. The largest absolute Gasteiger partial charge is 0.369 e. The van der Waals surface area contributed by atoms with Crippen LogP contribution in [0.4, 0.5) is 15.9 Å². The minimum Gasteiger partial charge on any atom is -0.369 e. The molecule has 0 radical (unpaired) electrons. The molecule has 1 aliphatic heterocycles. The maximum Gasteiger partial charge on any atom is 0.269 e. The van der Waals surface area contributed by atoms with Gasteiger partial charge in [-0.3, -0.25) is 4.79 Å². The molecule has 2 aromatic rings. The number of carbonyl (C=O) groups excluding carboxylic acids is 1. The van der Waals surface area contributed by atoms with Gasteiger partial charge in [-0.15, -0.1) is 0 Å². The summed E-state index contributed by atoms with van der Waals surface area (Å²) in [6.45, 7) is 1.65. The number of nitrogens with zero attached hydrogens (tertiary/aromatic N) is 3. The molecule has 1 aliphatic rings. The average Bonchev–Trinajstić information content (AvgIpc) is 2.61. The molecule has 3 rings (SSSR count). The van der Waals surface area contributed by atoms with E-state index in [0.717, 1.165) is 31.6 Å². The highest BCUT2D eigenvalue weighted by atomic mass is 19.1. The van der Waals surface area contributed by atoms with Crippen molar-refractivity contribution in [3.05, 3.63) is 48.2 Å². The Bertz CT molecular complexity index is 724. The van der Waals surface area contributed by atoms with Crippen molar-refractivity contribution >= 4 is 17.4 Å². The lowest BCUT2D eigenvalue weighted by Crippen LogP contribution is -2.42. The Morgan fingerprint density at radius 2 is 2.21 bits per heavy atom. The van der Waals surface area contributed by atoms with Crippen molar-refractivity contribution in [3.8, 4) is 0 Å². The summed E-state index contributed by atoms with van der Waals surface area (Å²) in [5, 5.41) is 5.89. The van der Waals surface area contributed by atoms with E-state index in [2.05, 4.69) is 25.5 Å². The molecule has 1 atom stereocenters. The predicted octanol–water partition coefficient (Wildman–Crippen LogP) is 2.06. The van der Waals surface area contributed by atoms with Gasteiger partial charge in [-0.05, 0) is 31.0 Å². The van der Waals surface area contributed by atoms with Crippen LogP contribution >= 0.6 is 0 Å². The van der Waals surface area contributed by atoms with Gasteiger partial charge in [0.25, 0.3) is 5.91 Å². The summed E-state index contributed by atoms with van der Waals surface area (Å²) < 4.78 is 13.4. The van der Waals surface area contributed by atoms with Gasteiger partial charge >= 0.3 is 0 Å². The van der Waals surface area contributed by atoms with Gasteiger partial charge in [0.2, 0.25) is 0 Å². The van der Waals surface area contributed by atoms with Crippen molar-refractivity contribution in [2.75, 3.05) is 30.4 Å². The van der Waals surface area contributed by atoms with Crippen molar-refractivity contribution in [1.29, 1.82) is 0 Å². The van der Waals surface area contributed by atoms with E-state index < -0.39 is 0 Å². The van der Waals surface area contributed by atoms with Gasteiger partial charge in [0.15, 0.2) is 0 Å². The van der Waals surface area contributed by atoms with E-state index in [-0.39, 0.29) is 17.8 Å². The molecule has 2 heterocycles. The van der Waals surface area contributed by atoms with Crippen molar-refractivity contribution in [3.63, 3.8) is 0 Å². The van der Waals surface area contributed by atoms with Gasteiger partial charge in [0, 0.05) is 37.9 Å². The Balaban J connectivity index is 1.68. The number of rotatable bonds is 4. The Labute approximate surface area is 140 Å². The highest BCUT2D eigenvalue weighted by Gasteiger charge is 2.21. The third-order valence-corrected chi connectivity index (χ3v) is 4.07. The minimum absolute atomic E-state index is 0.175. The number of aromatic nitrogens is 2. The quantitative estimate of drug-likeness (QED) is 0.898. The molecule has 2 N–H and O–H groups in total. The molecule has 0 saturated carbocycles. The Morgan fingerprint density at radius 3 is 3.00 bits per heavy atom. The second-order valence-corrected chi connectivity index (χ2v) is 5.78. The van der Waals surface area contributed by atoms with Crippen LogP contribution in [0, 0.1) is 5.82 Å². The van der Waals surface area contributed by atoms with Gasteiger partial charge in [-0.1, -0.05) is 6.07 Å². The van der Waals surface area contributed by atoms with Gasteiger partial charge in [0.1, 0.15) is 23.7 Å². The molecule has 1 aromatic heterocycles. The number of nitrogens with one attached hydrogen (secondary N) is 2. The van der Waals surface area contributed by atoms with E-state index in [1.807, 2.05) is 6.07 Å². The molecule has 24 heavy (non-hydrogen) atoms. The first-order chi connectivity index (χ1) is 11.7. The minimum atomic E-state index is -0.245. The molecule has 1 aromatic carbocycles. The topological polar surface area (TPSA) is 70.2 Å². The maximum atomic E-state index is 13.4. The van der Waals surface area contributed by atoms with Crippen LogP contribution in [0.3, 0.4) is 0 Å². The number of benzene rings is 1. The molecule has 7 heteroatoms. The summed E-state index contributed by atoms with van der Waals surface area (Å²) in [6, 6.07) is 8.46. The first kappa shape index (κ1) is 16.2. The highest BCUT2D eigenvalue weighted by Crippen LogP contribution is 2.22. The third-order valence-electron chi connectivity index (χ3n) is 4.07. The zero-order valence-corrected chi connectivity index (χ0v) is 13.5. The summed E-state index contributed by atoms with van der Waals surface area (Å²) in [5.41, 5.74) is 1.21. The van der Waals surface area contributed by atoms with Crippen molar-refractivity contribution in [2.45, 2.75) is 18.9 Å². The monoisotopic (exact) mass is 329 g/mol. The first-order valence-electron chi connectivity index (χ1n) is 7.97. The Hall–Kier alpha value is -2.70. The second kappa shape index (κ2) is 7.25. The Kier molecular flexibility index (Phi) is 4.88. The summed E-state index contributed by atoms with van der Waals surface area (Å²) in [7, 11) is 1.57. The van der Waals surface area contributed by atoms with Gasteiger partial charge in [-0.2, -0.15) is 0 Å². The zero-order valence-electron chi connectivity index (χ0n) is 13.5. The van der Waals surface area contributed by atoms with E-state index in [1.165, 1.54) is 12.4 Å². The van der Waals surface area contributed by atoms with Crippen molar-refractivity contribution in [1.82, 2.24) is 15.3 Å². The Morgan fingerprint density at radius 1 is 1.33 bits per heavy atom. The van der Waals surface area contributed by atoms with Crippen LogP contribution in [0.5, 0.6) is 0 Å². The lowest BCUT2D eigenvalue weighted by molar-refractivity contribution is 0.0958. The van der Waals surface area contributed by atoms with Gasteiger partial charge in [0.05, 0.1) is 0 Å². The van der Waals surface area contributed by atoms with E-state index >= 15 is 0 Å². The zero-order chi connectivity index (χ0) is 16.9. The number of hydrogen-bond acceptors (Lipinski definition) is 5. The number of piperidine rings is 1. The third kappa shape index (κ3) is 3.79. The molecular formula is C17H20FN5O. The molecule has 0 unspecified atom stereocenters. The van der Waals surface area contributed by atoms with E-state index in [1.54, 1.807) is 25.2 Å². The number of hydrogen-bond donors (Lipinski definition) is 2. The van der Waals surface area contributed by atoms with Crippen LogP contribution in [0.25, 0.3) is 0 Å². The fourth-order valence-corrected chi connectivity index (χ4v) is 2.90. The van der Waals surface area contributed by atoms with Gasteiger partial charge in [-0.25, -0.2) is 14.4 Å². The van der Waals surface area contributed by atoms with E-state index in [9.17, 15) is 9.18 Å². The first-order valence-corrected chi connectivity index (χ1v) is 7.97. The molecule has 126 valence electrons. The van der Waals surface area contributed by atoms with Crippen LogP contribution < -0.4 is 15.5 Å². The number of amides is 1. The van der Waals surface area contributed by atoms with Crippen molar-refractivity contribution < 1.29 is 9.18 Å². The summed E-state index contributed by atoms with van der Waals surface area (Å²) in [6.07, 6.45) is 3.37. The molecule has 1 fully saturated rings. The molecule has 0 aliphatic carbocycles. The average molecular weight is 329 g/mol. The lowest BCUT2D eigenvalue weighted by Gasteiger charge is -2.35. The summed E-state index contributed by atoms with van der Waals surface area (Å²) in [5.74, 6) is 0.147. The lowest BCUT2D eigenvalue weighted by atomic mass is 10.0. The van der Waals surface area contributed by atoms with Crippen molar-refractivity contribution in [2.24, 2.45) is 0 Å². The number of anilines is 2. The molecule has 1 amide bonds. The van der Waals surface area contributed by atoms with Crippen LogP contribution in [0.15, 0.2) is 36.7 Å². The maximum absolute atomic E-state index is 13.4. The smallest absolute Gasteiger partial charge is 0.269 e. The van der Waals surface area contributed by atoms with Crippen LogP contribution in [0.1, 0.15) is 23.3 Å². The normalized spacial score (nSPS) is 17.4. The van der Waals surface area contributed by atoms with Crippen LogP contribution in [0.2, 0.25) is 0 Å². The summed E-state index contributed by atoms with van der Waals surface area (Å²) in [4.78, 5) is 22.0. The van der Waals surface area contributed by atoms with E-state index in [4.69, 9.17) is 0 Å². The molecule has 1 saturated heterocycles. The highest BCUT2D eigenvalue weighted by molar-refractivity contribution is 5.92. The number of carbonyl (C=O) groups is 1. The van der Waals surface area contributed by atoms with Crippen LogP contribution in [-0.4, -0.2) is 42.1 Å². The fraction of sp³-hybridized carbons (Fsp3) is 0.353. The van der Waals surface area contributed by atoms with Crippen LogP contribution in [-0.2, 0) is 0 Å². The summed E-state index contributed by atoms with van der Waals surface area (Å²) >= 11 is 0. The standard InChI is InChI=1S/C17H20FN5O/c1-19-17(24)15-9-16(21-11-20-15)22-13-5-3-7-23(10-13)14-6-2-4-12(18)8-14/h2,4,6,8-9,11,13H,3,5,7,10H2,1H3,(H,19,24)(H,20,21,22)/t13-/m1/s1. The molecular weight excluding hydrogens is 309 g/mol. The fourth-order valence-electron chi connectivity index (χ4n) is 2.90. The molecule has 6 nitrogen and oxygen atoms in total. The molecule has 0 bridgehead atoms. The predicted molar refractivity (Wildman–Crippen MR) is 90.7 cm³/mol. The molecule has 0 spiro atoms. The number of halogens is 1.